The van der Waals surface area contributed by atoms with Crippen molar-refractivity contribution in [2.45, 2.75) is 59.9 Å². The SMILES string of the molecule is CCCCn1c(N)c(N(CC)C(=O)CCc2c(C)nc3c(C(N)=O)cnn3c2C)c(=O)[nH]c1=O. The van der Waals surface area contributed by atoms with Crippen molar-refractivity contribution in [3.63, 3.8) is 0 Å². The van der Waals surface area contributed by atoms with Crippen molar-refractivity contribution in [3.8, 4) is 0 Å². The lowest BCUT2D eigenvalue weighted by molar-refractivity contribution is -0.118. The van der Waals surface area contributed by atoms with Crippen LogP contribution in [0.25, 0.3) is 5.65 Å². The van der Waals surface area contributed by atoms with E-state index in [1.165, 1.54) is 20.2 Å². The van der Waals surface area contributed by atoms with Crippen molar-refractivity contribution in [1.82, 2.24) is 24.1 Å². The van der Waals surface area contributed by atoms with E-state index in [-0.39, 0.29) is 35.9 Å². The predicted octanol–water partition coefficient (Wildman–Crippen LogP) is 0.663. The van der Waals surface area contributed by atoms with Crippen LogP contribution in [0.3, 0.4) is 0 Å². The number of carbonyl (C=O) groups excluding carboxylic acids is 2. The number of unbranched alkanes of at least 4 members (excludes halogenated alkanes) is 1. The van der Waals surface area contributed by atoms with Gasteiger partial charge in [-0.15, -0.1) is 0 Å². The zero-order valence-corrected chi connectivity index (χ0v) is 19.8. The third-order valence-electron chi connectivity index (χ3n) is 5.90. The fraction of sp³-hybridized carbons (Fsp3) is 0.455. The van der Waals surface area contributed by atoms with E-state index in [1.54, 1.807) is 13.8 Å². The smallest absolute Gasteiger partial charge is 0.330 e. The van der Waals surface area contributed by atoms with Gasteiger partial charge in [0.05, 0.1) is 6.20 Å². The molecule has 0 atom stereocenters. The molecule has 0 aliphatic heterocycles. The Kier molecular flexibility index (Phi) is 7.18. The molecule has 3 aromatic rings. The molecule has 2 amide bonds. The number of rotatable bonds is 9. The molecule has 182 valence electrons. The highest BCUT2D eigenvalue weighted by atomic mass is 16.2. The van der Waals surface area contributed by atoms with Crippen LogP contribution < -0.4 is 27.6 Å². The normalized spacial score (nSPS) is 11.2. The number of carbonyl (C=O) groups is 2. The van der Waals surface area contributed by atoms with Crippen molar-refractivity contribution < 1.29 is 9.59 Å². The minimum absolute atomic E-state index is 0.0246. The zero-order chi connectivity index (χ0) is 25.2. The van der Waals surface area contributed by atoms with Crippen LogP contribution in [0.2, 0.25) is 0 Å². The first kappa shape index (κ1) is 24.7. The van der Waals surface area contributed by atoms with Gasteiger partial charge in [0, 0.05) is 30.9 Å². The number of aromatic amines is 1. The molecule has 0 bridgehead atoms. The number of primary amides is 1. The van der Waals surface area contributed by atoms with Crippen LogP contribution in [0.1, 0.15) is 60.4 Å². The highest BCUT2D eigenvalue weighted by Crippen LogP contribution is 2.21. The minimum atomic E-state index is -0.698. The minimum Gasteiger partial charge on any atom is -0.383 e. The molecule has 0 saturated heterocycles. The Morgan fingerprint density at radius 2 is 1.91 bits per heavy atom. The molecular weight excluding hydrogens is 440 g/mol. The van der Waals surface area contributed by atoms with Crippen LogP contribution in [0.4, 0.5) is 11.5 Å². The predicted molar refractivity (Wildman–Crippen MR) is 128 cm³/mol. The number of nitrogens with one attached hydrogen (secondary N) is 1. The lowest BCUT2D eigenvalue weighted by atomic mass is 10.1. The number of nitrogen functional groups attached to an aromatic ring is 1. The lowest BCUT2D eigenvalue weighted by Crippen LogP contribution is -2.41. The molecule has 0 aromatic carbocycles. The van der Waals surface area contributed by atoms with Crippen LogP contribution in [-0.4, -0.2) is 42.5 Å². The van der Waals surface area contributed by atoms with Gasteiger partial charge >= 0.3 is 5.69 Å². The molecule has 12 nitrogen and oxygen atoms in total. The third kappa shape index (κ3) is 4.43. The first-order chi connectivity index (χ1) is 16.1. The molecular formula is C22H30N8O4. The number of fused-ring (bicyclic) bond motifs is 1. The number of hydrogen-bond acceptors (Lipinski definition) is 7. The quantitative estimate of drug-likeness (QED) is 0.411. The Morgan fingerprint density at radius 3 is 2.53 bits per heavy atom. The third-order valence-corrected chi connectivity index (χ3v) is 5.90. The fourth-order valence-corrected chi connectivity index (χ4v) is 4.05. The number of amides is 2. The van der Waals surface area contributed by atoms with Gasteiger partial charge in [0.1, 0.15) is 11.4 Å². The summed E-state index contributed by atoms with van der Waals surface area (Å²) in [4.78, 5) is 57.6. The standard InChI is InChI=1S/C22H30N8O4/c1-5-7-10-29-18(23)17(21(33)27-22(29)34)28(6-2)16(31)9-8-14-12(3)26-20-15(19(24)32)11-25-30(20)13(14)4/h11H,5-10,23H2,1-4H3,(H2,24,32)(H,27,33,34). The highest BCUT2D eigenvalue weighted by Gasteiger charge is 2.24. The number of nitrogens with zero attached hydrogens (tertiary/aromatic N) is 5. The highest BCUT2D eigenvalue weighted by molar-refractivity contribution is 5.98. The van der Waals surface area contributed by atoms with Crippen LogP contribution in [0, 0.1) is 13.8 Å². The Hall–Kier alpha value is -3.96. The first-order valence-corrected chi connectivity index (χ1v) is 11.2. The van der Waals surface area contributed by atoms with Crippen LogP contribution >= 0.6 is 0 Å². The number of aromatic nitrogens is 5. The zero-order valence-electron chi connectivity index (χ0n) is 19.8. The monoisotopic (exact) mass is 470 g/mol. The van der Waals surface area contributed by atoms with Crippen molar-refractivity contribution in [1.29, 1.82) is 0 Å². The molecule has 0 saturated carbocycles. The largest absolute Gasteiger partial charge is 0.383 e. The van der Waals surface area contributed by atoms with Gasteiger partial charge in [-0.2, -0.15) is 5.10 Å². The van der Waals surface area contributed by atoms with E-state index in [2.05, 4.69) is 15.1 Å². The van der Waals surface area contributed by atoms with E-state index in [4.69, 9.17) is 11.5 Å². The topological polar surface area (TPSA) is 174 Å². The molecule has 0 unspecified atom stereocenters. The summed E-state index contributed by atoms with van der Waals surface area (Å²) in [5, 5.41) is 4.20. The van der Waals surface area contributed by atoms with Gasteiger partial charge in [-0.25, -0.2) is 14.3 Å². The van der Waals surface area contributed by atoms with Gasteiger partial charge in [0.15, 0.2) is 11.3 Å². The number of hydrogen-bond donors (Lipinski definition) is 3. The number of H-pyrrole nitrogens is 1. The van der Waals surface area contributed by atoms with E-state index >= 15 is 0 Å². The second kappa shape index (κ2) is 9.89. The summed E-state index contributed by atoms with van der Waals surface area (Å²) in [5.41, 5.74) is 13.0. The molecule has 0 spiro atoms. The Bertz CT molecular complexity index is 1370. The van der Waals surface area contributed by atoms with E-state index in [0.29, 0.717) is 30.7 Å². The molecule has 0 radical (unpaired) electrons. The molecule has 0 aliphatic rings. The number of aryl methyl sites for hydroxylation is 2. The van der Waals surface area contributed by atoms with Crippen LogP contribution in [0.5, 0.6) is 0 Å². The Morgan fingerprint density at radius 1 is 1.21 bits per heavy atom. The number of anilines is 2. The summed E-state index contributed by atoms with van der Waals surface area (Å²) in [7, 11) is 0. The maximum atomic E-state index is 13.2. The van der Waals surface area contributed by atoms with E-state index in [1.807, 2.05) is 13.8 Å². The molecule has 34 heavy (non-hydrogen) atoms. The summed E-state index contributed by atoms with van der Waals surface area (Å²) in [6.07, 6.45) is 3.31. The second-order valence-electron chi connectivity index (χ2n) is 8.06. The summed E-state index contributed by atoms with van der Waals surface area (Å²) in [6.45, 7) is 7.87. The lowest BCUT2D eigenvalue weighted by Gasteiger charge is -2.23. The van der Waals surface area contributed by atoms with E-state index in [0.717, 1.165) is 17.7 Å². The molecule has 0 fully saturated rings. The van der Waals surface area contributed by atoms with Gasteiger partial charge in [-0.05, 0) is 39.2 Å². The van der Waals surface area contributed by atoms with Gasteiger partial charge in [-0.1, -0.05) is 13.3 Å². The van der Waals surface area contributed by atoms with Crippen molar-refractivity contribution in [2.75, 3.05) is 17.2 Å². The number of nitrogens with two attached hydrogens (primary N) is 2. The van der Waals surface area contributed by atoms with Gasteiger partial charge in [0.2, 0.25) is 5.91 Å². The molecule has 3 rings (SSSR count). The molecule has 3 aromatic heterocycles. The molecule has 0 aliphatic carbocycles. The second-order valence-corrected chi connectivity index (χ2v) is 8.06. The van der Waals surface area contributed by atoms with Gasteiger partial charge < -0.3 is 16.4 Å². The van der Waals surface area contributed by atoms with Gasteiger partial charge in [0.25, 0.3) is 11.5 Å². The van der Waals surface area contributed by atoms with Crippen LogP contribution in [-0.2, 0) is 17.8 Å². The van der Waals surface area contributed by atoms with E-state index < -0.39 is 17.2 Å². The average Bonchev–Trinajstić information content (AvgIpc) is 3.20. The Labute approximate surface area is 195 Å². The summed E-state index contributed by atoms with van der Waals surface area (Å²) >= 11 is 0. The molecule has 3 heterocycles. The maximum Gasteiger partial charge on any atom is 0.330 e. The van der Waals surface area contributed by atoms with E-state index in [9.17, 15) is 19.2 Å². The average molecular weight is 471 g/mol. The molecule has 12 heteroatoms. The summed E-state index contributed by atoms with van der Waals surface area (Å²) in [6, 6.07) is 0. The van der Waals surface area contributed by atoms with Crippen molar-refractivity contribution in [3.05, 3.63) is 49.5 Å². The van der Waals surface area contributed by atoms with Crippen molar-refractivity contribution in [2.24, 2.45) is 5.73 Å². The maximum absolute atomic E-state index is 13.2. The summed E-state index contributed by atoms with van der Waals surface area (Å²) in [5.74, 6) is -0.966. The fourth-order valence-electron chi connectivity index (χ4n) is 4.05. The Balaban J connectivity index is 1.91. The van der Waals surface area contributed by atoms with Crippen molar-refractivity contribution >= 4 is 29.0 Å². The molecule has 5 N–H and O–H groups in total. The van der Waals surface area contributed by atoms with Gasteiger partial charge in [-0.3, -0.25) is 23.9 Å². The summed E-state index contributed by atoms with van der Waals surface area (Å²) < 4.78 is 2.81. The first-order valence-electron chi connectivity index (χ1n) is 11.2. The van der Waals surface area contributed by atoms with Crippen LogP contribution in [0.15, 0.2) is 15.8 Å².